The fourth-order valence-electron chi connectivity index (χ4n) is 9.08. The molecule has 3 fully saturated rings. The Labute approximate surface area is 238 Å². The Kier molecular flexibility index (Phi) is 5.26. The van der Waals surface area contributed by atoms with E-state index in [4.69, 9.17) is 14.2 Å². The first kappa shape index (κ1) is 25.8. The molecule has 214 valence electrons. The van der Waals surface area contributed by atoms with Crippen molar-refractivity contribution in [1.29, 1.82) is 0 Å². The van der Waals surface area contributed by atoms with Gasteiger partial charge in [-0.25, -0.2) is 0 Å². The quantitative estimate of drug-likeness (QED) is 0.441. The van der Waals surface area contributed by atoms with Gasteiger partial charge in [-0.05, 0) is 68.9 Å². The van der Waals surface area contributed by atoms with Crippen molar-refractivity contribution >= 4 is 16.7 Å². The van der Waals surface area contributed by atoms with Crippen LogP contribution >= 0.6 is 0 Å². The van der Waals surface area contributed by atoms with Crippen LogP contribution in [0.3, 0.4) is 0 Å². The molecule has 1 spiro atoms. The highest BCUT2D eigenvalue weighted by atomic mass is 16.8. The number of H-pyrrole nitrogens is 1. The van der Waals surface area contributed by atoms with Crippen molar-refractivity contribution in [3.8, 4) is 0 Å². The van der Waals surface area contributed by atoms with E-state index < -0.39 is 34.6 Å². The summed E-state index contributed by atoms with van der Waals surface area (Å²) >= 11 is 0. The van der Waals surface area contributed by atoms with E-state index >= 15 is 0 Å². The second-order valence-corrected chi connectivity index (χ2v) is 13.4. The summed E-state index contributed by atoms with van der Waals surface area (Å²) in [5, 5.41) is 24.1. The molecule has 41 heavy (non-hydrogen) atoms. The number of pyridine rings is 1. The van der Waals surface area contributed by atoms with Crippen LogP contribution in [-0.2, 0) is 38.6 Å². The first-order valence-corrected chi connectivity index (χ1v) is 14.7. The number of rotatable bonds is 4. The number of nitrogens with one attached hydrogen (secondary N) is 1. The fourth-order valence-corrected chi connectivity index (χ4v) is 9.08. The van der Waals surface area contributed by atoms with Crippen LogP contribution in [-0.4, -0.2) is 55.2 Å². The van der Waals surface area contributed by atoms with Crippen molar-refractivity contribution < 1.29 is 29.2 Å². The Bertz CT molecular complexity index is 1630. The van der Waals surface area contributed by atoms with Crippen molar-refractivity contribution in [2.24, 2.45) is 11.3 Å². The third-order valence-electron chi connectivity index (χ3n) is 10.8. The molecule has 2 saturated carbocycles. The van der Waals surface area contributed by atoms with E-state index in [9.17, 15) is 15.0 Å². The number of aromatic nitrogens is 2. The Morgan fingerprint density at radius 2 is 1.90 bits per heavy atom. The summed E-state index contributed by atoms with van der Waals surface area (Å²) in [6.45, 7) is 5.95. The van der Waals surface area contributed by atoms with Gasteiger partial charge in [0.15, 0.2) is 17.7 Å². The van der Waals surface area contributed by atoms with Gasteiger partial charge in [0.2, 0.25) is 0 Å². The minimum absolute atomic E-state index is 0.0473. The smallest absolute Gasteiger partial charge is 0.195 e. The van der Waals surface area contributed by atoms with E-state index in [0.717, 1.165) is 11.9 Å². The summed E-state index contributed by atoms with van der Waals surface area (Å²) in [6.07, 6.45) is 3.01. The van der Waals surface area contributed by atoms with Crippen LogP contribution in [0, 0.1) is 11.3 Å². The highest BCUT2D eigenvalue weighted by Crippen LogP contribution is 2.70. The first-order valence-electron chi connectivity index (χ1n) is 14.7. The molecular weight excluding hydrogens is 520 g/mol. The van der Waals surface area contributed by atoms with Crippen molar-refractivity contribution in [1.82, 2.24) is 9.97 Å². The third-order valence-corrected chi connectivity index (χ3v) is 10.8. The van der Waals surface area contributed by atoms with E-state index in [1.807, 2.05) is 32.0 Å². The Morgan fingerprint density at radius 1 is 1.10 bits per heavy atom. The van der Waals surface area contributed by atoms with Gasteiger partial charge in [-0.15, -0.1) is 0 Å². The maximum absolute atomic E-state index is 13.5. The van der Waals surface area contributed by atoms with Gasteiger partial charge in [-0.2, -0.15) is 0 Å². The third kappa shape index (κ3) is 3.28. The van der Waals surface area contributed by atoms with Crippen LogP contribution in [0.4, 0.5) is 0 Å². The molecule has 7 atom stereocenters. The van der Waals surface area contributed by atoms with Crippen molar-refractivity contribution in [3.05, 3.63) is 76.8 Å². The van der Waals surface area contributed by atoms with Gasteiger partial charge < -0.3 is 29.4 Å². The summed E-state index contributed by atoms with van der Waals surface area (Å²) in [6, 6.07) is 13.9. The average Bonchev–Trinajstić information content (AvgIpc) is 3.56. The lowest BCUT2D eigenvalue weighted by molar-refractivity contribution is -0.269. The van der Waals surface area contributed by atoms with Crippen LogP contribution in [0.15, 0.2) is 54.1 Å². The van der Waals surface area contributed by atoms with Gasteiger partial charge in [-0.1, -0.05) is 31.2 Å². The number of ketones is 1. The van der Waals surface area contributed by atoms with Crippen LogP contribution in [0.25, 0.3) is 10.9 Å². The van der Waals surface area contributed by atoms with Crippen LogP contribution in [0.1, 0.15) is 68.6 Å². The predicted molar refractivity (Wildman–Crippen MR) is 150 cm³/mol. The minimum atomic E-state index is -1.53. The number of aliphatic hydroxyl groups excluding tert-OH is 1. The standard InChI is InChI=1S/C33H36N2O6/c1-30(2)29-24(37)15-25-32(40-29,41-30)12-11-31(3)27-18(13-22-21-9-4-5-10-23(21)35-28(22)27)14-26(33(25,31)38)39-17-20-8-6-7-19(16-36)34-20/h4-10,15,18,26-27,29,35-36,38H,11-14,16-17H2,1-3H3/t18-,26+,27?,29+,31?,32?,33+/m1/s1. The molecule has 2 aromatic heterocycles. The molecule has 1 aromatic carbocycles. The molecule has 3 aliphatic carbocycles. The highest BCUT2D eigenvalue weighted by Gasteiger charge is 2.75. The normalized spacial score (nSPS) is 38.3. The summed E-state index contributed by atoms with van der Waals surface area (Å²) in [7, 11) is 0. The van der Waals surface area contributed by atoms with E-state index in [0.29, 0.717) is 36.2 Å². The minimum Gasteiger partial charge on any atom is -0.390 e. The van der Waals surface area contributed by atoms with Gasteiger partial charge in [0, 0.05) is 39.9 Å². The average molecular weight is 557 g/mol. The van der Waals surface area contributed by atoms with E-state index in [1.54, 1.807) is 12.1 Å². The fraction of sp³-hybridized carbons (Fsp3) is 0.515. The molecule has 4 heterocycles. The summed E-state index contributed by atoms with van der Waals surface area (Å²) < 4.78 is 19.7. The summed E-state index contributed by atoms with van der Waals surface area (Å²) in [4.78, 5) is 21.7. The summed E-state index contributed by atoms with van der Waals surface area (Å²) in [5.41, 5.74) is 2.38. The number of nitrogens with zero attached hydrogens (tertiary/aromatic N) is 1. The molecular formula is C33H36N2O6. The van der Waals surface area contributed by atoms with E-state index in [2.05, 4.69) is 35.1 Å². The molecule has 8 heteroatoms. The van der Waals surface area contributed by atoms with Crippen molar-refractivity contribution in [2.75, 3.05) is 0 Å². The Morgan fingerprint density at radius 3 is 2.73 bits per heavy atom. The molecule has 5 aliphatic rings. The number of para-hydroxylation sites is 1. The zero-order valence-corrected chi connectivity index (χ0v) is 23.6. The zero-order chi connectivity index (χ0) is 28.4. The second kappa shape index (κ2) is 8.36. The molecule has 3 unspecified atom stereocenters. The molecule has 8 nitrogen and oxygen atoms in total. The lowest BCUT2D eigenvalue weighted by Gasteiger charge is -2.63. The maximum Gasteiger partial charge on any atom is 0.195 e. The van der Waals surface area contributed by atoms with Crippen molar-refractivity contribution in [2.45, 2.75) is 94.8 Å². The largest absolute Gasteiger partial charge is 0.390 e. The maximum atomic E-state index is 13.5. The summed E-state index contributed by atoms with van der Waals surface area (Å²) in [5.74, 6) is -1.03. The van der Waals surface area contributed by atoms with Crippen molar-refractivity contribution in [3.63, 3.8) is 0 Å². The Hall–Kier alpha value is -2.88. The Balaban J connectivity index is 1.26. The topological polar surface area (TPSA) is 114 Å². The first-order chi connectivity index (χ1) is 19.6. The number of fused-ring (bicyclic) bond motifs is 9. The molecule has 3 aromatic rings. The van der Waals surface area contributed by atoms with Gasteiger partial charge >= 0.3 is 0 Å². The number of carbonyl (C=O) groups is 1. The molecule has 0 amide bonds. The van der Waals surface area contributed by atoms with Crippen LogP contribution in [0.5, 0.6) is 0 Å². The molecule has 1 saturated heterocycles. The SMILES string of the molecule is CC1(C)OC23CCC4(C)C5c6[nH]c7ccccc7c6C[C@@H]5C[C@H](OCc5cccc(CO)n5)[C@@]4(O)C2=CC(=O)[C@@H]1O3. The van der Waals surface area contributed by atoms with Gasteiger partial charge in [0.1, 0.15) is 11.2 Å². The second-order valence-electron chi connectivity index (χ2n) is 13.4. The number of carbonyl (C=O) groups excluding carboxylic acids is 1. The van der Waals surface area contributed by atoms with E-state index in [1.165, 1.54) is 16.6 Å². The number of hydrogen-bond acceptors (Lipinski definition) is 7. The molecule has 0 radical (unpaired) electrons. The van der Waals surface area contributed by atoms with E-state index in [-0.39, 0.29) is 30.8 Å². The molecule has 2 aliphatic heterocycles. The van der Waals surface area contributed by atoms with Crippen LogP contribution < -0.4 is 0 Å². The number of benzene rings is 1. The lowest BCUT2D eigenvalue weighted by atomic mass is 9.47. The number of hydrogen-bond donors (Lipinski definition) is 3. The molecule has 8 rings (SSSR count). The molecule has 2 bridgehead atoms. The highest BCUT2D eigenvalue weighted by molar-refractivity contribution is 5.97. The van der Waals surface area contributed by atoms with Crippen LogP contribution in [0.2, 0.25) is 0 Å². The van der Waals surface area contributed by atoms with Gasteiger partial charge in [-0.3, -0.25) is 9.78 Å². The predicted octanol–water partition coefficient (Wildman–Crippen LogP) is 4.23. The molecule has 3 N–H and O–H groups in total. The number of aliphatic hydroxyl groups is 2. The monoisotopic (exact) mass is 556 g/mol. The number of ether oxygens (including phenoxy) is 3. The zero-order valence-electron chi connectivity index (χ0n) is 23.6. The van der Waals surface area contributed by atoms with Gasteiger partial charge in [0.25, 0.3) is 0 Å². The lowest BCUT2D eigenvalue weighted by Crippen LogP contribution is -2.70. The number of aromatic amines is 1. The van der Waals surface area contributed by atoms with Gasteiger partial charge in [0.05, 0.1) is 30.7 Å².